The highest BCUT2D eigenvalue weighted by molar-refractivity contribution is 6.06. The molecule has 2 aromatic carbocycles. The molecule has 1 aliphatic heterocycles. The van der Waals surface area contributed by atoms with Crippen molar-refractivity contribution in [2.24, 2.45) is 11.0 Å². The summed E-state index contributed by atoms with van der Waals surface area (Å²) in [4.78, 5) is 23.3. The van der Waals surface area contributed by atoms with Crippen LogP contribution in [0.2, 0.25) is 0 Å². The lowest BCUT2D eigenvalue weighted by Gasteiger charge is -2.29. The number of nitro benzene ring substituents is 1. The summed E-state index contributed by atoms with van der Waals surface area (Å²) in [5.74, 6) is 1.35. The second kappa shape index (κ2) is 10.0. The summed E-state index contributed by atoms with van der Waals surface area (Å²) in [6.45, 7) is 2.32. The molecule has 1 saturated carbocycles. The molecule has 1 fully saturated rings. The number of hydrazone groups is 1. The van der Waals surface area contributed by atoms with Crippen LogP contribution in [0.15, 0.2) is 47.6 Å². The van der Waals surface area contributed by atoms with Gasteiger partial charge in [0.2, 0.25) is 5.91 Å². The zero-order chi connectivity index (χ0) is 23.4. The molecule has 2 aromatic rings. The highest BCUT2D eigenvalue weighted by Gasteiger charge is 2.30. The van der Waals surface area contributed by atoms with Gasteiger partial charge in [0.05, 0.1) is 30.4 Å². The first-order chi connectivity index (χ1) is 16.0. The average molecular weight is 452 g/mol. The number of methoxy groups -OCH3 is 1. The molecule has 1 aliphatic carbocycles. The monoisotopic (exact) mass is 451 g/mol. The summed E-state index contributed by atoms with van der Waals surface area (Å²) < 4.78 is 11.8. The van der Waals surface area contributed by atoms with E-state index in [1.54, 1.807) is 19.2 Å². The Kier molecular flexibility index (Phi) is 6.91. The normalized spacial score (nSPS) is 18.8. The largest absolute Gasteiger partial charge is 0.493 e. The standard InChI is InChI=1S/C25H29N3O5/c1-3-18-15-24(29)27(16-17-8-11-20(12-9-17)28(30)31)26-25(18)19-10-13-22(32-2)23(14-19)33-21-6-4-5-7-21/h8-14,18,21H,3-7,15-16H2,1-2H3. The maximum absolute atomic E-state index is 12.8. The molecular formula is C25H29N3O5. The van der Waals surface area contributed by atoms with Crippen molar-refractivity contribution in [3.8, 4) is 11.5 Å². The first-order valence-corrected chi connectivity index (χ1v) is 11.5. The van der Waals surface area contributed by atoms with Crippen LogP contribution in [0.4, 0.5) is 5.69 Å². The third kappa shape index (κ3) is 5.16. The predicted molar refractivity (Wildman–Crippen MR) is 124 cm³/mol. The molecular weight excluding hydrogens is 422 g/mol. The van der Waals surface area contributed by atoms with E-state index < -0.39 is 4.92 Å². The first kappa shape index (κ1) is 22.8. The van der Waals surface area contributed by atoms with E-state index in [0.29, 0.717) is 17.9 Å². The molecule has 1 heterocycles. The van der Waals surface area contributed by atoms with Crippen molar-refractivity contribution in [3.63, 3.8) is 0 Å². The van der Waals surface area contributed by atoms with E-state index in [1.165, 1.54) is 30.0 Å². The lowest BCUT2D eigenvalue weighted by atomic mass is 9.89. The van der Waals surface area contributed by atoms with Crippen LogP contribution >= 0.6 is 0 Å². The number of amides is 1. The Labute approximate surface area is 193 Å². The maximum atomic E-state index is 12.8. The molecule has 1 atom stereocenters. The van der Waals surface area contributed by atoms with E-state index in [0.717, 1.165) is 36.1 Å². The molecule has 0 spiro atoms. The van der Waals surface area contributed by atoms with Crippen LogP contribution in [0.1, 0.15) is 56.6 Å². The summed E-state index contributed by atoms with van der Waals surface area (Å²) in [7, 11) is 1.63. The third-order valence-corrected chi connectivity index (χ3v) is 6.35. The van der Waals surface area contributed by atoms with Crippen molar-refractivity contribution in [3.05, 3.63) is 63.7 Å². The van der Waals surface area contributed by atoms with Crippen LogP contribution in [-0.4, -0.2) is 34.8 Å². The SMILES string of the molecule is CCC1CC(=O)N(Cc2ccc([N+](=O)[O-])cc2)N=C1c1ccc(OC)c(OC2CCCC2)c1. The van der Waals surface area contributed by atoms with Gasteiger partial charge in [0.15, 0.2) is 11.5 Å². The van der Waals surface area contributed by atoms with Crippen LogP contribution in [0.5, 0.6) is 11.5 Å². The fraction of sp³-hybridized carbons (Fsp3) is 0.440. The summed E-state index contributed by atoms with van der Waals surface area (Å²) >= 11 is 0. The molecule has 0 radical (unpaired) electrons. The molecule has 174 valence electrons. The molecule has 0 aromatic heterocycles. The number of hydrogen-bond acceptors (Lipinski definition) is 6. The van der Waals surface area contributed by atoms with Crippen molar-refractivity contribution in [1.29, 1.82) is 0 Å². The second-order valence-electron chi connectivity index (χ2n) is 8.56. The molecule has 1 amide bonds. The van der Waals surface area contributed by atoms with Gasteiger partial charge in [0.25, 0.3) is 5.69 Å². The van der Waals surface area contributed by atoms with Gasteiger partial charge in [0.1, 0.15) is 0 Å². The van der Waals surface area contributed by atoms with Gasteiger partial charge in [-0.1, -0.05) is 19.1 Å². The maximum Gasteiger partial charge on any atom is 0.269 e. The molecule has 0 N–H and O–H groups in total. The van der Waals surface area contributed by atoms with Crippen LogP contribution in [0.3, 0.4) is 0 Å². The Morgan fingerprint density at radius 2 is 1.85 bits per heavy atom. The number of non-ortho nitro benzene ring substituents is 1. The molecule has 1 unspecified atom stereocenters. The number of carbonyl (C=O) groups excluding carboxylic acids is 1. The van der Waals surface area contributed by atoms with Gasteiger partial charge in [-0.2, -0.15) is 5.10 Å². The number of hydrogen-bond donors (Lipinski definition) is 0. The van der Waals surface area contributed by atoms with Gasteiger partial charge in [-0.05, 0) is 55.9 Å². The van der Waals surface area contributed by atoms with E-state index in [-0.39, 0.29) is 30.2 Å². The van der Waals surface area contributed by atoms with Crippen LogP contribution in [-0.2, 0) is 11.3 Å². The van der Waals surface area contributed by atoms with Gasteiger partial charge in [-0.3, -0.25) is 14.9 Å². The summed E-state index contributed by atoms with van der Waals surface area (Å²) in [5.41, 5.74) is 2.56. The zero-order valence-corrected chi connectivity index (χ0v) is 19.0. The highest BCUT2D eigenvalue weighted by Crippen LogP contribution is 2.34. The van der Waals surface area contributed by atoms with Crippen molar-refractivity contribution in [2.45, 2.75) is 58.1 Å². The van der Waals surface area contributed by atoms with Crippen molar-refractivity contribution >= 4 is 17.3 Å². The number of nitro groups is 1. The lowest BCUT2D eigenvalue weighted by molar-refractivity contribution is -0.384. The Morgan fingerprint density at radius 3 is 2.48 bits per heavy atom. The second-order valence-corrected chi connectivity index (χ2v) is 8.56. The van der Waals surface area contributed by atoms with E-state index >= 15 is 0 Å². The Morgan fingerprint density at radius 1 is 1.12 bits per heavy atom. The minimum Gasteiger partial charge on any atom is -0.493 e. The molecule has 8 heteroatoms. The van der Waals surface area contributed by atoms with Crippen molar-refractivity contribution in [2.75, 3.05) is 7.11 Å². The quantitative estimate of drug-likeness (QED) is 0.412. The molecule has 33 heavy (non-hydrogen) atoms. The first-order valence-electron chi connectivity index (χ1n) is 11.5. The van der Waals surface area contributed by atoms with E-state index in [4.69, 9.17) is 14.6 Å². The molecule has 2 aliphatic rings. The van der Waals surface area contributed by atoms with Gasteiger partial charge < -0.3 is 9.47 Å². The van der Waals surface area contributed by atoms with Gasteiger partial charge >= 0.3 is 0 Å². The molecule has 4 rings (SSSR count). The predicted octanol–water partition coefficient (Wildman–Crippen LogP) is 5.09. The van der Waals surface area contributed by atoms with Crippen LogP contribution in [0.25, 0.3) is 0 Å². The van der Waals surface area contributed by atoms with Gasteiger partial charge in [0, 0.05) is 30.0 Å². The summed E-state index contributed by atoms with van der Waals surface area (Å²) in [6.07, 6.45) is 5.80. The fourth-order valence-electron chi connectivity index (χ4n) is 4.44. The zero-order valence-electron chi connectivity index (χ0n) is 19.0. The number of carbonyl (C=O) groups is 1. The number of rotatable bonds is 8. The topological polar surface area (TPSA) is 94.3 Å². The Hall–Kier alpha value is -3.42. The molecule has 0 bridgehead atoms. The van der Waals surface area contributed by atoms with Gasteiger partial charge in [-0.15, -0.1) is 0 Å². The van der Waals surface area contributed by atoms with E-state index in [2.05, 4.69) is 6.92 Å². The van der Waals surface area contributed by atoms with E-state index in [9.17, 15) is 14.9 Å². The summed E-state index contributed by atoms with van der Waals surface area (Å²) in [6, 6.07) is 12.0. The smallest absolute Gasteiger partial charge is 0.269 e. The van der Waals surface area contributed by atoms with Crippen molar-refractivity contribution in [1.82, 2.24) is 5.01 Å². The third-order valence-electron chi connectivity index (χ3n) is 6.35. The Bertz CT molecular complexity index is 1040. The minimum atomic E-state index is -0.438. The molecule has 0 saturated heterocycles. The van der Waals surface area contributed by atoms with Crippen LogP contribution < -0.4 is 9.47 Å². The highest BCUT2D eigenvalue weighted by atomic mass is 16.6. The summed E-state index contributed by atoms with van der Waals surface area (Å²) in [5, 5.41) is 17.1. The Balaban J connectivity index is 1.62. The number of benzene rings is 2. The van der Waals surface area contributed by atoms with E-state index in [1.807, 2.05) is 18.2 Å². The van der Waals surface area contributed by atoms with Crippen LogP contribution in [0, 0.1) is 16.0 Å². The van der Waals surface area contributed by atoms with Crippen molar-refractivity contribution < 1.29 is 19.2 Å². The van der Waals surface area contributed by atoms with Gasteiger partial charge in [-0.25, -0.2) is 5.01 Å². The molecule has 8 nitrogen and oxygen atoms in total. The average Bonchev–Trinajstić information content (AvgIpc) is 3.33. The number of nitrogens with zero attached hydrogens (tertiary/aromatic N) is 3. The fourth-order valence-corrected chi connectivity index (χ4v) is 4.44. The number of ether oxygens (including phenoxy) is 2. The minimum absolute atomic E-state index is 0.0123. The lowest BCUT2D eigenvalue weighted by Crippen LogP contribution is -2.36.